The molecule has 4 aromatic rings. The van der Waals surface area contributed by atoms with E-state index in [4.69, 9.17) is 0 Å². The van der Waals surface area contributed by atoms with E-state index >= 15 is 0 Å². The van der Waals surface area contributed by atoms with E-state index in [1.165, 1.54) is 66.6 Å². The van der Waals surface area contributed by atoms with Crippen LogP contribution in [0.25, 0.3) is 5.76 Å². The number of pyridine rings is 1. The molecule has 1 amide bonds. The van der Waals surface area contributed by atoms with Crippen molar-refractivity contribution in [1.82, 2.24) is 15.2 Å². The van der Waals surface area contributed by atoms with Crippen molar-refractivity contribution in [2.75, 3.05) is 4.90 Å². The average Bonchev–Trinajstić information content (AvgIpc) is 3.46. The van der Waals surface area contributed by atoms with Crippen LogP contribution in [-0.2, 0) is 15.3 Å². The summed E-state index contributed by atoms with van der Waals surface area (Å²) in [5.74, 6) is -2.73. The summed E-state index contributed by atoms with van der Waals surface area (Å²) in [6, 6.07) is 13.6. The molecule has 7 nitrogen and oxygen atoms in total. The molecule has 5 rings (SSSR count). The highest BCUT2D eigenvalue weighted by Gasteiger charge is 2.48. The van der Waals surface area contributed by atoms with E-state index in [1.54, 1.807) is 18.2 Å². The summed E-state index contributed by atoms with van der Waals surface area (Å²) in [7, 11) is 0. The molecule has 1 fully saturated rings. The Balaban J connectivity index is 1.54. The Labute approximate surface area is 212 Å². The average molecular weight is 523 g/mol. The summed E-state index contributed by atoms with van der Waals surface area (Å²) in [5.41, 5.74) is 1.03. The van der Waals surface area contributed by atoms with Crippen molar-refractivity contribution in [3.8, 4) is 0 Å². The van der Waals surface area contributed by atoms with Crippen molar-refractivity contribution in [1.29, 1.82) is 0 Å². The number of benzene rings is 2. The first kappa shape index (κ1) is 23.8. The van der Waals surface area contributed by atoms with Crippen molar-refractivity contribution < 1.29 is 23.5 Å². The number of ketones is 1. The van der Waals surface area contributed by atoms with E-state index < -0.39 is 23.5 Å². The number of anilines is 1. The number of aromatic nitrogens is 3. The highest BCUT2D eigenvalue weighted by molar-refractivity contribution is 8.00. The minimum Gasteiger partial charge on any atom is -0.507 e. The van der Waals surface area contributed by atoms with Gasteiger partial charge in [-0.2, -0.15) is 0 Å². The Hall–Kier alpha value is -3.96. The minimum atomic E-state index is -1.06. The highest BCUT2D eigenvalue weighted by atomic mass is 32.2. The maximum Gasteiger partial charge on any atom is 0.301 e. The van der Waals surface area contributed by atoms with Gasteiger partial charge in [-0.25, -0.2) is 8.78 Å². The molecule has 0 aliphatic carbocycles. The van der Waals surface area contributed by atoms with E-state index in [2.05, 4.69) is 15.2 Å². The SMILES string of the molecule is O=C1C(=O)N(c2nnc(SCc3ccccc3F)s2)C(c2ccc(F)cc2)/C1=C(\O)c1ccncc1. The van der Waals surface area contributed by atoms with Crippen molar-refractivity contribution in [3.63, 3.8) is 0 Å². The quantitative estimate of drug-likeness (QED) is 0.123. The van der Waals surface area contributed by atoms with Crippen LogP contribution in [0.1, 0.15) is 22.7 Å². The number of nitrogens with zero attached hydrogens (tertiary/aromatic N) is 4. The van der Waals surface area contributed by atoms with Crippen LogP contribution in [0.4, 0.5) is 13.9 Å². The van der Waals surface area contributed by atoms with Crippen LogP contribution in [0, 0.1) is 11.6 Å². The summed E-state index contributed by atoms with van der Waals surface area (Å²) in [6.07, 6.45) is 2.89. The van der Waals surface area contributed by atoms with Crippen LogP contribution >= 0.6 is 23.1 Å². The lowest BCUT2D eigenvalue weighted by Gasteiger charge is -2.22. The molecule has 1 N–H and O–H groups in total. The third-order valence-corrected chi connectivity index (χ3v) is 7.60. The first-order valence-corrected chi connectivity index (χ1v) is 12.4. The zero-order valence-electron chi connectivity index (χ0n) is 18.3. The number of hydrogen-bond donors (Lipinski definition) is 1. The number of hydrogen-bond acceptors (Lipinski definition) is 8. The molecule has 2 aromatic heterocycles. The van der Waals surface area contributed by atoms with Crippen molar-refractivity contribution >= 4 is 45.7 Å². The summed E-state index contributed by atoms with van der Waals surface area (Å²) >= 11 is 2.29. The van der Waals surface area contributed by atoms with Crippen LogP contribution in [0.5, 0.6) is 0 Å². The summed E-state index contributed by atoms with van der Waals surface area (Å²) in [5, 5.41) is 19.3. The fraction of sp³-hybridized carbons (Fsp3) is 0.0800. The van der Waals surface area contributed by atoms with Crippen LogP contribution in [0.2, 0.25) is 0 Å². The third kappa shape index (κ3) is 4.50. The van der Waals surface area contributed by atoms with E-state index in [-0.39, 0.29) is 22.3 Å². The summed E-state index contributed by atoms with van der Waals surface area (Å²) < 4.78 is 28.1. The highest BCUT2D eigenvalue weighted by Crippen LogP contribution is 2.44. The van der Waals surface area contributed by atoms with Crippen molar-refractivity contribution in [2.45, 2.75) is 16.1 Å². The lowest BCUT2D eigenvalue weighted by atomic mass is 9.95. The number of carbonyl (C=O) groups excluding carboxylic acids is 2. The van der Waals surface area contributed by atoms with Crippen LogP contribution in [0.3, 0.4) is 0 Å². The summed E-state index contributed by atoms with van der Waals surface area (Å²) in [4.78, 5) is 31.3. The second-order valence-electron chi connectivity index (χ2n) is 7.69. The van der Waals surface area contributed by atoms with E-state index in [0.29, 0.717) is 26.8 Å². The number of Topliss-reactive ketones (excluding diaryl/α,β-unsaturated/α-hetero) is 1. The number of rotatable bonds is 6. The molecule has 11 heteroatoms. The molecule has 1 atom stereocenters. The van der Waals surface area contributed by atoms with Gasteiger partial charge in [0.05, 0.1) is 11.6 Å². The molecule has 0 saturated carbocycles. The first-order valence-electron chi connectivity index (χ1n) is 10.6. The molecule has 2 aromatic carbocycles. The van der Waals surface area contributed by atoms with Gasteiger partial charge in [0.1, 0.15) is 17.4 Å². The number of halogens is 2. The predicted octanol–water partition coefficient (Wildman–Crippen LogP) is 5.13. The lowest BCUT2D eigenvalue weighted by molar-refractivity contribution is -0.132. The van der Waals surface area contributed by atoms with Gasteiger partial charge in [0, 0.05) is 23.7 Å². The van der Waals surface area contributed by atoms with Gasteiger partial charge in [-0.05, 0) is 41.5 Å². The maximum atomic E-state index is 14.0. The smallest absolute Gasteiger partial charge is 0.301 e. The molecule has 1 aliphatic rings. The van der Waals surface area contributed by atoms with Crippen LogP contribution in [0.15, 0.2) is 83.0 Å². The van der Waals surface area contributed by atoms with E-state index in [0.717, 1.165) is 16.2 Å². The molecule has 0 radical (unpaired) electrons. The largest absolute Gasteiger partial charge is 0.507 e. The van der Waals surface area contributed by atoms with Gasteiger partial charge in [0.2, 0.25) is 5.13 Å². The predicted molar refractivity (Wildman–Crippen MR) is 131 cm³/mol. The number of aliphatic hydroxyl groups excluding tert-OH is 1. The van der Waals surface area contributed by atoms with Gasteiger partial charge >= 0.3 is 5.91 Å². The van der Waals surface area contributed by atoms with E-state index in [9.17, 15) is 23.5 Å². The van der Waals surface area contributed by atoms with Gasteiger partial charge in [0.25, 0.3) is 5.78 Å². The number of amides is 1. The molecular weight excluding hydrogens is 506 g/mol. The first-order chi connectivity index (χ1) is 17.4. The normalized spacial score (nSPS) is 17.1. The second-order valence-corrected chi connectivity index (χ2v) is 9.87. The van der Waals surface area contributed by atoms with Gasteiger partial charge in [0.15, 0.2) is 4.34 Å². The summed E-state index contributed by atoms with van der Waals surface area (Å²) in [6.45, 7) is 0. The molecule has 1 saturated heterocycles. The third-order valence-electron chi connectivity index (χ3n) is 5.49. The maximum absolute atomic E-state index is 14.0. The number of thioether (sulfide) groups is 1. The Morgan fingerprint density at radius 3 is 2.44 bits per heavy atom. The second kappa shape index (κ2) is 9.96. The van der Waals surface area contributed by atoms with Gasteiger partial charge in [-0.3, -0.25) is 19.5 Å². The molecule has 0 bridgehead atoms. The molecule has 1 unspecified atom stereocenters. The molecular formula is C25H16F2N4O3S2. The minimum absolute atomic E-state index is 0.122. The number of carbonyl (C=O) groups is 2. The van der Waals surface area contributed by atoms with Crippen molar-refractivity contribution in [3.05, 3.63) is 107 Å². The monoisotopic (exact) mass is 522 g/mol. The Morgan fingerprint density at radius 2 is 1.72 bits per heavy atom. The zero-order chi connectivity index (χ0) is 25.2. The van der Waals surface area contributed by atoms with Gasteiger partial charge in [-0.1, -0.05) is 53.4 Å². The molecule has 0 spiro atoms. The van der Waals surface area contributed by atoms with Crippen molar-refractivity contribution in [2.24, 2.45) is 0 Å². The molecule has 1 aliphatic heterocycles. The lowest BCUT2D eigenvalue weighted by Crippen LogP contribution is -2.29. The Kier molecular flexibility index (Phi) is 6.57. The van der Waals surface area contributed by atoms with E-state index in [1.807, 2.05) is 0 Å². The standard InChI is InChI=1S/C25H16F2N4O3S2/c26-17-7-5-14(6-8-17)20-19(21(32)15-9-11-28-12-10-15)22(33)23(34)31(20)24-29-30-25(36-24)35-13-16-3-1-2-4-18(16)27/h1-12,20,32H,13H2/b21-19+. The number of aliphatic hydroxyl groups is 1. The molecule has 180 valence electrons. The Morgan fingerprint density at radius 1 is 1.00 bits per heavy atom. The fourth-order valence-electron chi connectivity index (χ4n) is 3.77. The van der Waals surface area contributed by atoms with Gasteiger partial charge < -0.3 is 5.11 Å². The molecule has 3 heterocycles. The zero-order valence-corrected chi connectivity index (χ0v) is 20.0. The fourth-order valence-corrected chi connectivity index (χ4v) is 5.62. The van der Waals surface area contributed by atoms with Gasteiger partial charge in [-0.15, -0.1) is 10.2 Å². The van der Waals surface area contributed by atoms with Crippen LogP contribution in [-0.4, -0.2) is 32.0 Å². The molecule has 36 heavy (non-hydrogen) atoms. The Bertz CT molecular complexity index is 1480. The topological polar surface area (TPSA) is 96.3 Å². The van der Waals surface area contributed by atoms with Crippen LogP contribution < -0.4 is 4.90 Å².